The molecule has 0 saturated carbocycles. The molecular weight excluding hydrogens is 174 g/mol. The highest BCUT2D eigenvalue weighted by Gasteiger charge is 2.30. The van der Waals surface area contributed by atoms with Crippen molar-refractivity contribution in [3.05, 3.63) is 11.4 Å². The van der Waals surface area contributed by atoms with Crippen molar-refractivity contribution in [2.24, 2.45) is 7.05 Å². The van der Waals surface area contributed by atoms with E-state index in [-0.39, 0.29) is 10.8 Å². The second-order valence-corrected chi connectivity index (χ2v) is 5.91. The van der Waals surface area contributed by atoms with Crippen LogP contribution in [0.4, 0.5) is 0 Å². The fourth-order valence-corrected chi connectivity index (χ4v) is 1.70. The van der Waals surface area contributed by atoms with Crippen molar-refractivity contribution < 1.29 is 0 Å². The van der Waals surface area contributed by atoms with Crippen molar-refractivity contribution in [1.82, 2.24) is 15.0 Å². The monoisotopic (exact) mass is 195 g/mol. The smallest absolute Gasteiger partial charge is 0.0917 e. The zero-order valence-electron chi connectivity index (χ0n) is 10.3. The number of nitrogens with zero attached hydrogens (tertiary/aromatic N) is 3. The van der Waals surface area contributed by atoms with E-state index in [0.717, 1.165) is 5.69 Å². The maximum atomic E-state index is 4.27. The molecule has 0 aliphatic carbocycles. The van der Waals surface area contributed by atoms with Gasteiger partial charge in [0.05, 0.1) is 11.4 Å². The predicted molar refractivity (Wildman–Crippen MR) is 58.4 cm³/mol. The molecule has 3 nitrogen and oxygen atoms in total. The highest BCUT2D eigenvalue weighted by atomic mass is 15.4. The van der Waals surface area contributed by atoms with Gasteiger partial charge in [-0.2, -0.15) is 0 Å². The van der Waals surface area contributed by atoms with Crippen molar-refractivity contribution >= 4 is 0 Å². The molecule has 0 N–H and O–H groups in total. The van der Waals surface area contributed by atoms with Gasteiger partial charge < -0.3 is 0 Å². The molecule has 0 bridgehead atoms. The third kappa shape index (κ3) is 1.97. The molecule has 1 aromatic heterocycles. The molecule has 1 heterocycles. The lowest BCUT2D eigenvalue weighted by molar-refractivity contribution is 0.491. The second kappa shape index (κ2) is 3.07. The molecule has 0 aliphatic heterocycles. The first kappa shape index (κ1) is 11.2. The summed E-state index contributed by atoms with van der Waals surface area (Å²) in [6.07, 6.45) is 0. The summed E-state index contributed by atoms with van der Waals surface area (Å²) in [6, 6.07) is 0. The van der Waals surface area contributed by atoms with Gasteiger partial charge in [0.25, 0.3) is 0 Å². The van der Waals surface area contributed by atoms with Crippen LogP contribution in [0.2, 0.25) is 0 Å². The number of rotatable bonds is 0. The van der Waals surface area contributed by atoms with Crippen LogP contribution in [0.25, 0.3) is 0 Å². The van der Waals surface area contributed by atoms with Gasteiger partial charge in [-0.05, 0) is 0 Å². The van der Waals surface area contributed by atoms with Crippen molar-refractivity contribution in [3.8, 4) is 0 Å². The van der Waals surface area contributed by atoms with Gasteiger partial charge in [0.1, 0.15) is 0 Å². The van der Waals surface area contributed by atoms with E-state index in [1.165, 1.54) is 5.69 Å². The summed E-state index contributed by atoms with van der Waals surface area (Å²) in [6.45, 7) is 13.1. The Hall–Kier alpha value is -0.860. The Balaban J connectivity index is 3.35. The van der Waals surface area contributed by atoms with Crippen LogP contribution >= 0.6 is 0 Å². The lowest BCUT2D eigenvalue weighted by atomic mass is 9.82. The van der Waals surface area contributed by atoms with E-state index in [2.05, 4.69) is 51.9 Å². The normalized spacial score (nSPS) is 13.4. The third-order valence-electron chi connectivity index (χ3n) is 2.25. The van der Waals surface area contributed by atoms with E-state index >= 15 is 0 Å². The van der Waals surface area contributed by atoms with Gasteiger partial charge in [0.15, 0.2) is 0 Å². The standard InChI is InChI=1S/C11H21N3/c1-10(2,3)8-9(11(4,5)6)14(7)13-12-8/h1-7H3. The number of aromatic nitrogens is 3. The third-order valence-corrected chi connectivity index (χ3v) is 2.25. The molecular formula is C11H21N3. The fraction of sp³-hybridized carbons (Fsp3) is 0.818. The van der Waals surface area contributed by atoms with E-state index in [1.54, 1.807) is 0 Å². The molecule has 0 aromatic carbocycles. The molecule has 80 valence electrons. The molecule has 3 heteroatoms. The second-order valence-electron chi connectivity index (χ2n) is 5.91. The van der Waals surface area contributed by atoms with Gasteiger partial charge in [-0.25, -0.2) is 0 Å². The molecule has 0 amide bonds. The minimum atomic E-state index is 0.0663. The van der Waals surface area contributed by atoms with Crippen LogP contribution in [-0.2, 0) is 17.9 Å². The lowest BCUT2D eigenvalue weighted by Gasteiger charge is -2.25. The molecule has 0 saturated heterocycles. The lowest BCUT2D eigenvalue weighted by Crippen LogP contribution is -2.24. The van der Waals surface area contributed by atoms with Gasteiger partial charge in [0, 0.05) is 17.9 Å². The highest BCUT2D eigenvalue weighted by Crippen LogP contribution is 2.31. The van der Waals surface area contributed by atoms with Crippen molar-refractivity contribution in [1.29, 1.82) is 0 Å². The van der Waals surface area contributed by atoms with Crippen LogP contribution in [0, 0.1) is 0 Å². The minimum absolute atomic E-state index is 0.0663. The first-order chi connectivity index (χ1) is 6.14. The maximum absolute atomic E-state index is 4.27. The largest absolute Gasteiger partial charge is 0.252 e. The van der Waals surface area contributed by atoms with Crippen LogP contribution in [-0.4, -0.2) is 15.0 Å². The van der Waals surface area contributed by atoms with Gasteiger partial charge in [-0.3, -0.25) is 4.68 Å². The summed E-state index contributed by atoms with van der Waals surface area (Å²) in [5.41, 5.74) is 2.50. The molecule has 0 aliphatic rings. The van der Waals surface area contributed by atoms with Gasteiger partial charge in [-0.15, -0.1) is 5.10 Å². The average molecular weight is 195 g/mol. The molecule has 14 heavy (non-hydrogen) atoms. The zero-order valence-corrected chi connectivity index (χ0v) is 10.3. The Morgan fingerprint density at radius 1 is 0.929 bits per heavy atom. The summed E-state index contributed by atoms with van der Waals surface area (Å²) >= 11 is 0. The Bertz CT molecular complexity index is 323. The summed E-state index contributed by atoms with van der Waals surface area (Å²) in [5, 5.41) is 8.38. The summed E-state index contributed by atoms with van der Waals surface area (Å²) < 4.78 is 1.89. The quantitative estimate of drug-likeness (QED) is 0.636. The Labute approximate surface area is 86.5 Å². The van der Waals surface area contributed by atoms with Crippen molar-refractivity contribution in [2.45, 2.75) is 52.4 Å². The van der Waals surface area contributed by atoms with Crippen LogP contribution < -0.4 is 0 Å². The molecule has 0 unspecified atom stereocenters. The zero-order chi connectivity index (χ0) is 11.1. The van der Waals surface area contributed by atoms with Crippen LogP contribution in [0.5, 0.6) is 0 Å². The van der Waals surface area contributed by atoms with Gasteiger partial charge in [-0.1, -0.05) is 46.8 Å². The number of aryl methyl sites for hydroxylation is 1. The fourth-order valence-electron chi connectivity index (χ4n) is 1.70. The molecule has 1 aromatic rings. The summed E-state index contributed by atoms with van der Waals surface area (Å²) in [4.78, 5) is 0. The maximum Gasteiger partial charge on any atom is 0.0917 e. The molecule has 1 rings (SSSR count). The Kier molecular flexibility index (Phi) is 2.46. The summed E-state index contributed by atoms with van der Waals surface area (Å²) in [7, 11) is 1.96. The van der Waals surface area contributed by atoms with E-state index < -0.39 is 0 Å². The predicted octanol–water partition coefficient (Wildman–Crippen LogP) is 2.41. The number of hydrogen-bond acceptors (Lipinski definition) is 2. The van der Waals surface area contributed by atoms with Crippen LogP contribution in [0.3, 0.4) is 0 Å². The van der Waals surface area contributed by atoms with E-state index in [0.29, 0.717) is 0 Å². The molecule has 0 radical (unpaired) electrons. The highest BCUT2D eigenvalue weighted by molar-refractivity contribution is 5.25. The molecule has 0 spiro atoms. The first-order valence-electron chi connectivity index (χ1n) is 5.04. The van der Waals surface area contributed by atoms with Gasteiger partial charge >= 0.3 is 0 Å². The Morgan fingerprint density at radius 3 is 1.71 bits per heavy atom. The molecule has 0 fully saturated rings. The van der Waals surface area contributed by atoms with E-state index in [1.807, 2.05) is 11.7 Å². The minimum Gasteiger partial charge on any atom is -0.252 e. The summed E-state index contributed by atoms with van der Waals surface area (Å²) in [5.74, 6) is 0. The molecule has 0 atom stereocenters. The average Bonchev–Trinajstić information content (AvgIpc) is 2.27. The SMILES string of the molecule is Cn1nnc(C(C)(C)C)c1C(C)(C)C. The van der Waals surface area contributed by atoms with E-state index in [4.69, 9.17) is 0 Å². The topological polar surface area (TPSA) is 30.7 Å². The van der Waals surface area contributed by atoms with Crippen LogP contribution in [0.1, 0.15) is 52.9 Å². The van der Waals surface area contributed by atoms with Crippen LogP contribution in [0.15, 0.2) is 0 Å². The first-order valence-corrected chi connectivity index (χ1v) is 5.04. The van der Waals surface area contributed by atoms with Gasteiger partial charge in [0.2, 0.25) is 0 Å². The Morgan fingerprint density at radius 2 is 1.43 bits per heavy atom. The van der Waals surface area contributed by atoms with E-state index in [9.17, 15) is 0 Å². The van der Waals surface area contributed by atoms with Crippen molar-refractivity contribution in [2.75, 3.05) is 0 Å². The van der Waals surface area contributed by atoms with Crippen molar-refractivity contribution in [3.63, 3.8) is 0 Å². The number of hydrogen-bond donors (Lipinski definition) is 0.